The molecule has 0 aliphatic rings. The van der Waals surface area contributed by atoms with Crippen molar-refractivity contribution < 1.29 is 18.6 Å². The molecular formula is C18H16N8O4. The minimum Gasteiger partial charge on any atom is -0.494 e. The number of ether oxygens (including phenoxy) is 1. The second kappa shape index (κ2) is 8.26. The van der Waals surface area contributed by atoms with Crippen molar-refractivity contribution in [3.8, 4) is 22.8 Å². The van der Waals surface area contributed by atoms with Gasteiger partial charge in [0.15, 0.2) is 5.69 Å². The third kappa shape index (κ3) is 3.73. The monoisotopic (exact) mass is 408 g/mol. The first kappa shape index (κ1) is 18.9. The van der Waals surface area contributed by atoms with Gasteiger partial charge in [-0.3, -0.25) is 4.79 Å². The highest BCUT2D eigenvalue weighted by Gasteiger charge is 2.25. The summed E-state index contributed by atoms with van der Waals surface area (Å²) in [5.74, 6) is 0.110. The number of aromatic nitrogens is 5. The molecule has 0 aliphatic carbocycles. The Labute approximate surface area is 169 Å². The molecule has 0 radical (unpaired) electrons. The van der Waals surface area contributed by atoms with Gasteiger partial charge in [0.2, 0.25) is 11.6 Å². The molecule has 12 heteroatoms. The van der Waals surface area contributed by atoms with Crippen LogP contribution in [-0.2, 0) is 0 Å². The molecule has 4 rings (SSSR count). The van der Waals surface area contributed by atoms with Crippen LogP contribution in [0.5, 0.6) is 5.75 Å². The molecule has 0 saturated carbocycles. The SMILES string of the molecule is CCOc1cccc(-c2c(C(=O)N/N=C\c3ccoc3)nnn2-c2nonc2N)c1. The fourth-order valence-corrected chi connectivity index (χ4v) is 2.65. The van der Waals surface area contributed by atoms with Crippen LogP contribution in [0.1, 0.15) is 23.0 Å². The van der Waals surface area contributed by atoms with Gasteiger partial charge in [0.1, 0.15) is 11.4 Å². The lowest BCUT2D eigenvalue weighted by Gasteiger charge is -2.08. The number of amides is 1. The number of rotatable bonds is 7. The summed E-state index contributed by atoms with van der Waals surface area (Å²) in [7, 11) is 0. The summed E-state index contributed by atoms with van der Waals surface area (Å²) in [6.07, 6.45) is 4.41. The van der Waals surface area contributed by atoms with Crippen LogP contribution in [0.3, 0.4) is 0 Å². The Hall–Kier alpha value is -4.48. The molecule has 4 aromatic rings. The third-order valence-corrected chi connectivity index (χ3v) is 3.92. The summed E-state index contributed by atoms with van der Waals surface area (Å²) < 4.78 is 16.4. The van der Waals surface area contributed by atoms with Gasteiger partial charge in [-0.25, -0.2) is 10.1 Å². The number of nitrogens with two attached hydrogens (primary N) is 1. The van der Waals surface area contributed by atoms with Crippen molar-refractivity contribution in [2.45, 2.75) is 6.92 Å². The van der Waals surface area contributed by atoms with Crippen molar-refractivity contribution in [3.05, 3.63) is 54.1 Å². The average Bonchev–Trinajstić information content (AvgIpc) is 3.49. The van der Waals surface area contributed by atoms with E-state index in [2.05, 4.69) is 35.8 Å². The smallest absolute Gasteiger partial charge is 0.294 e. The fraction of sp³-hybridized carbons (Fsp3) is 0.111. The first-order valence-corrected chi connectivity index (χ1v) is 8.80. The molecule has 1 amide bonds. The summed E-state index contributed by atoms with van der Waals surface area (Å²) in [6.45, 7) is 2.36. The Morgan fingerprint density at radius 2 is 2.27 bits per heavy atom. The summed E-state index contributed by atoms with van der Waals surface area (Å²) in [6, 6.07) is 8.78. The molecule has 0 spiro atoms. The van der Waals surface area contributed by atoms with Crippen molar-refractivity contribution in [1.29, 1.82) is 0 Å². The number of nitrogens with zero attached hydrogens (tertiary/aromatic N) is 6. The van der Waals surface area contributed by atoms with E-state index in [1.807, 2.05) is 6.92 Å². The number of furan rings is 1. The molecule has 3 aromatic heterocycles. The first-order chi connectivity index (χ1) is 14.7. The van der Waals surface area contributed by atoms with E-state index in [9.17, 15) is 4.79 Å². The van der Waals surface area contributed by atoms with Gasteiger partial charge in [0.05, 0.1) is 25.3 Å². The van der Waals surface area contributed by atoms with Gasteiger partial charge in [-0.2, -0.15) is 9.78 Å². The summed E-state index contributed by atoms with van der Waals surface area (Å²) in [5, 5.41) is 19.2. The zero-order chi connectivity index (χ0) is 20.9. The summed E-state index contributed by atoms with van der Waals surface area (Å²) in [4.78, 5) is 12.8. The Bertz CT molecular complexity index is 1180. The normalized spacial score (nSPS) is 11.1. The number of hydrogen-bond acceptors (Lipinski definition) is 10. The number of benzene rings is 1. The second-order valence-corrected chi connectivity index (χ2v) is 5.89. The van der Waals surface area contributed by atoms with E-state index in [-0.39, 0.29) is 17.3 Å². The van der Waals surface area contributed by atoms with Crippen molar-refractivity contribution >= 4 is 17.9 Å². The van der Waals surface area contributed by atoms with Gasteiger partial charge in [-0.05, 0) is 35.4 Å². The Balaban J connectivity index is 1.73. The Morgan fingerprint density at radius 1 is 1.37 bits per heavy atom. The van der Waals surface area contributed by atoms with Gasteiger partial charge in [-0.1, -0.05) is 17.3 Å². The lowest BCUT2D eigenvalue weighted by Crippen LogP contribution is -2.19. The molecule has 12 nitrogen and oxygen atoms in total. The maximum Gasteiger partial charge on any atom is 0.294 e. The van der Waals surface area contributed by atoms with Gasteiger partial charge >= 0.3 is 0 Å². The average molecular weight is 408 g/mol. The van der Waals surface area contributed by atoms with Gasteiger partial charge < -0.3 is 14.9 Å². The van der Waals surface area contributed by atoms with Gasteiger partial charge in [0, 0.05) is 11.1 Å². The molecule has 0 bridgehead atoms. The van der Waals surface area contributed by atoms with Crippen LogP contribution in [0.15, 0.2) is 57.0 Å². The van der Waals surface area contributed by atoms with E-state index in [1.165, 1.54) is 23.4 Å². The Kier molecular flexibility index (Phi) is 5.19. The highest BCUT2D eigenvalue weighted by atomic mass is 16.6. The van der Waals surface area contributed by atoms with E-state index in [4.69, 9.17) is 14.9 Å². The van der Waals surface area contributed by atoms with E-state index in [0.717, 1.165) is 0 Å². The van der Waals surface area contributed by atoms with Crippen LogP contribution in [0.4, 0.5) is 5.82 Å². The van der Waals surface area contributed by atoms with Crippen LogP contribution < -0.4 is 15.9 Å². The van der Waals surface area contributed by atoms with E-state index < -0.39 is 5.91 Å². The number of carbonyl (C=O) groups excluding carboxylic acids is 1. The zero-order valence-corrected chi connectivity index (χ0v) is 15.7. The lowest BCUT2D eigenvalue weighted by molar-refractivity contribution is 0.0950. The maximum absolute atomic E-state index is 12.8. The second-order valence-electron chi connectivity index (χ2n) is 5.89. The largest absolute Gasteiger partial charge is 0.494 e. The molecule has 0 atom stereocenters. The van der Waals surface area contributed by atoms with E-state index >= 15 is 0 Å². The summed E-state index contributed by atoms with van der Waals surface area (Å²) >= 11 is 0. The minimum absolute atomic E-state index is 0.00427. The van der Waals surface area contributed by atoms with Crippen LogP contribution >= 0.6 is 0 Å². The Morgan fingerprint density at radius 3 is 3.00 bits per heavy atom. The molecule has 0 fully saturated rings. The van der Waals surface area contributed by atoms with Crippen molar-refractivity contribution in [2.75, 3.05) is 12.3 Å². The zero-order valence-electron chi connectivity index (χ0n) is 15.7. The highest BCUT2D eigenvalue weighted by Crippen LogP contribution is 2.29. The summed E-state index contributed by atoms with van der Waals surface area (Å²) in [5.41, 5.74) is 9.81. The molecule has 3 heterocycles. The quantitative estimate of drug-likeness (QED) is 0.342. The number of nitrogens with one attached hydrogen (secondary N) is 1. The number of nitrogen functional groups attached to an aromatic ring is 1. The number of hydrazone groups is 1. The molecular weight excluding hydrogens is 392 g/mol. The molecule has 0 saturated heterocycles. The van der Waals surface area contributed by atoms with Crippen molar-refractivity contribution in [3.63, 3.8) is 0 Å². The molecule has 1 aromatic carbocycles. The van der Waals surface area contributed by atoms with Crippen LogP contribution in [0.25, 0.3) is 17.1 Å². The standard InChI is InChI=1S/C18H16N8O4/c1-2-29-13-5-3-4-12(8-13)15-14(18(27)22-20-9-11-6-7-28-10-11)21-25-26(15)17-16(19)23-30-24-17/h3-10H,2H2,1H3,(H2,19,23)(H,22,27)/b20-9-. The first-order valence-electron chi connectivity index (χ1n) is 8.80. The molecule has 3 N–H and O–H groups in total. The van der Waals surface area contributed by atoms with Crippen LogP contribution in [-0.4, -0.2) is 44.0 Å². The van der Waals surface area contributed by atoms with E-state index in [1.54, 1.807) is 30.3 Å². The number of anilines is 1. The fourth-order valence-electron chi connectivity index (χ4n) is 2.65. The lowest BCUT2D eigenvalue weighted by atomic mass is 10.1. The number of carbonyl (C=O) groups is 1. The minimum atomic E-state index is -0.590. The maximum atomic E-state index is 12.8. The van der Waals surface area contributed by atoms with Crippen molar-refractivity contribution in [1.82, 2.24) is 30.7 Å². The molecule has 0 aliphatic heterocycles. The molecule has 152 valence electrons. The highest BCUT2D eigenvalue weighted by molar-refractivity contribution is 5.98. The van der Waals surface area contributed by atoms with Gasteiger partial charge in [-0.15, -0.1) is 5.10 Å². The molecule has 30 heavy (non-hydrogen) atoms. The topological polar surface area (TPSA) is 159 Å². The van der Waals surface area contributed by atoms with Crippen LogP contribution in [0, 0.1) is 0 Å². The van der Waals surface area contributed by atoms with Gasteiger partial charge in [0.25, 0.3) is 5.91 Å². The van der Waals surface area contributed by atoms with Crippen LogP contribution in [0.2, 0.25) is 0 Å². The number of hydrogen-bond donors (Lipinski definition) is 2. The predicted molar refractivity (Wildman–Crippen MR) is 104 cm³/mol. The van der Waals surface area contributed by atoms with E-state index in [0.29, 0.717) is 29.2 Å². The molecule has 0 unspecified atom stereocenters. The van der Waals surface area contributed by atoms with Crippen molar-refractivity contribution in [2.24, 2.45) is 5.10 Å². The predicted octanol–water partition coefficient (Wildman–Crippen LogP) is 1.66. The third-order valence-electron chi connectivity index (χ3n) is 3.92.